The van der Waals surface area contributed by atoms with E-state index in [4.69, 9.17) is 11.6 Å². The Morgan fingerprint density at radius 2 is 1.67 bits per heavy atom. The van der Waals surface area contributed by atoms with Crippen molar-refractivity contribution in [1.82, 2.24) is 15.2 Å². The number of pyridine rings is 1. The van der Waals surface area contributed by atoms with Crippen molar-refractivity contribution in [2.45, 2.75) is 32.5 Å². The maximum Gasteiger partial charge on any atom is 0.242 e. The van der Waals surface area contributed by atoms with E-state index in [1.54, 1.807) is 36.4 Å². The topological polar surface area (TPSA) is 62.3 Å². The van der Waals surface area contributed by atoms with Gasteiger partial charge in [-0.3, -0.25) is 14.6 Å². The molecule has 0 aliphatic rings. The van der Waals surface area contributed by atoms with Crippen LogP contribution in [-0.4, -0.2) is 27.7 Å². The van der Waals surface area contributed by atoms with Crippen molar-refractivity contribution in [2.24, 2.45) is 0 Å². The summed E-state index contributed by atoms with van der Waals surface area (Å²) >= 11 is 5.94. The first-order chi connectivity index (χ1) is 14.5. The molecular weight excluding hydrogens is 398 g/mol. The first-order valence-electron chi connectivity index (χ1n) is 9.77. The van der Waals surface area contributed by atoms with Crippen LogP contribution in [0.25, 0.3) is 0 Å². The normalized spacial score (nSPS) is 11.5. The standard InChI is InChI=1S/C24H24ClN3O2/c1-18(24(30)27-16-21-8-5-13-26-15-21)28(17-20-6-3-2-4-7-20)23(29)14-19-9-11-22(25)12-10-19/h2-13,15,18H,14,16-17H2,1H3,(H,27,30). The molecule has 154 valence electrons. The number of halogens is 1. The highest BCUT2D eigenvalue weighted by Crippen LogP contribution is 2.14. The van der Waals surface area contributed by atoms with Gasteiger partial charge in [-0.1, -0.05) is 60.1 Å². The molecule has 1 aromatic heterocycles. The van der Waals surface area contributed by atoms with Gasteiger partial charge in [0.15, 0.2) is 0 Å². The van der Waals surface area contributed by atoms with Gasteiger partial charge < -0.3 is 10.2 Å². The SMILES string of the molecule is CC(C(=O)NCc1cccnc1)N(Cc1ccccc1)C(=O)Cc1ccc(Cl)cc1. The number of carbonyl (C=O) groups excluding carboxylic acids is 2. The molecule has 0 saturated carbocycles. The van der Waals surface area contributed by atoms with Crippen molar-refractivity contribution >= 4 is 23.4 Å². The molecular formula is C24H24ClN3O2. The summed E-state index contributed by atoms with van der Waals surface area (Å²) in [6.07, 6.45) is 3.59. The minimum atomic E-state index is -0.623. The van der Waals surface area contributed by atoms with E-state index in [0.29, 0.717) is 18.1 Å². The number of benzene rings is 2. The molecule has 2 amide bonds. The zero-order valence-electron chi connectivity index (χ0n) is 16.8. The Balaban J connectivity index is 1.72. The molecule has 0 saturated heterocycles. The number of carbonyl (C=O) groups is 2. The van der Waals surface area contributed by atoms with Crippen molar-refractivity contribution in [1.29, 1.82) is 0 Å². The molecule has 3 rings (SSSR count). The average Bonchev–Trinajstić information content (AvgIpc) is 2.78. The Morgan fingerprint density at radius 3 is 2.33 bits per heavy atom. The fourth-order valence-electron chi connectivity index (χ4n) is 3.08. The first kappa shape index (κ1) is 21.5. The van der Waals surface area contributed by atoms with Gasteiger partial charge >= 0.3 is 0 Å². The van der Waals surface area contributed by atoms with Crippen LogP contribution in [0.15, 0.2) is 79.1 Å². The number of nitrogens with zero attached hydrogens (tertiary/aromatic N) is 2. The van der Waals surface area contributed by atoms with Gasteiger partial charge in [0.25, 0.3) is 0 Å². The van der Waals surface area contributed by atoms with Gasteiger partial charge in [0, 0.05) is 30.5 Å². The molecule has 5 nitrogen and oxygen atoms in total. The van der Waals surface area contributed by atoms with Crippen LogP contribution < -0.4 is 5.32 Å². The fourth-order valence-corrected chi connectivity index (χ4v) is 3.21. The molecule has 0 spiro atoms. The summed E-state index contributed by atoms with van der Waals surface area (Å²) in [6.45, 7) is 2.47. The maximum atomic E-state index is 13.1. The van der Waals surface area contributed by atoms with Gasteiger partial charge in [0.2, 0.25) is 11.8 Å². The quantitative estimate of drug-likeness (QED) is 0.597. The first-order valence-corrected chi connectivity index (χ1v) is 10.1. The zero-order valence-corrected chi connectivity index (χ0v) is 17.5. The summed E-state index contributed by atoms with van der Waals surface area (Å²) in [5.41, 5.74) is 2.72. The highest BCUT2D eigenvalue weighted by Gasteiger charge is 2.26. The fraction of sp³-hybridized carbons (Fsp3) is 0.208. The summed E-state index contributed by atoms with van der Waals surface area (Å²) in [5.74, 6) is -0.329. The lowest BCUT2D eigenvalue weighted by Gasteiger charge is -2.29. The summed E-state index contributed by atoms with van der Waals surface area (Å²) < 4.78 is 0. The Hall–Kier alpha value is -3.18. The maximum absolute atomic E-state index is 13.1. The van der Waals surface area contributed by atoms with Gasteiger partial charge in [0.1, 0.15) is 6.04 Å². The van der Waals surface area contributed by atoms with Crippen molar-refractivity contribution in [3.8, 4) is 0 Å². The van der Waals surface area contributed by atoms with Gasteiger partial charge in [-0.05, 0) is 41.8 Å². The van der Waals surface area contributed by atoms with Crippen LogP contribution in [0.1, 0.15) is 23.6 Å². The molecule has 0 fully saturated rings. The highest BCUT2D eigenvalue weighted by atomic mass is 35.5. The third kappa shape index (κ3) is 6.16. The highest BCUT2D eigenvalue weighted by molar-refractivity contribution is 6.30. The molecule has 2 aromatic carbocycles. The summed E-state index contributed by atoms with van der Waals surface area (Å²) in [7, 11) is 0. The van der Waals surface area contributed by atoms with Crippen molar-refractivity contribution in [2.75, 3.05) is 0 Å². The molecule has 3 aromatic rings. The lowest BCUT2D eigenvalue weighted by molar-refractivity contribution is -0.140. The molecule has 0 aliphatic heterocycles. The molecule has 30 heavy (non-hydrogen) atoms. The predicted molar refractivity (Wildman–Crippen MR) is 118 cm³/mol. The summed E-state index contributed by atoms with van der Waals surface area (Å²) in [4.78, 5) is 31.6. The van der Waals surface area contributed by atoms with Crippen LogP contribution in [0.4, 0.5) is 0 Å². The monoisotopic (exact) mass is 421 g/mol. The number of hydrogen-bond donors (Lipinski definition) is 1. The van der Waals surface area contributed by atoms with E-state index in [-0.39, 0.29) is 18.2 Å². The lowest BCUT2D eigenvalue weighted by Crippen LogP contribution is -2.48. The Labute approximate surface area is 181 Å². The molecule has 0 aliphatic carbocycles. The Morgan fingerprint density at radius 1 is 0.967 bits per heavy atom. The van der Waals surface area contributed by atoms with E-state index >= 15 is 0 Å². The molecule has 1 heterocycles. The number of rotatable bonds is 8. The third-order valence-corrected chi connectivity index (χ3v) is 5.07. The van der Waals surface area contributed by atoms with Crippen molar-refractivity contribution in [3.63, 3.8) is 0 Å². The molecule has 6 heteroatoms. The van der Waals surface area contributed by atoms with E-state index in [9.17, 15) is 9.59 Å². The molecule has 1 atom stereocenters. The minimum Gasteiger partial charge on any atom is -0.350 e. The third-order valence-electron chi connectivity index (χ3n) is 4.82. The van der Waals surface area contributed by atoms with Gasteiger partial charge in [-0.15, -0.1) is 0 Å². The van der Waals surface area contributed by atoms with Gasteiger partial charge in [0.05, 0.1) is 6.42 Å². The van der Waals surface area contributed by atoms with Crippen molar-refractivity contribution < 1.29 is 9.59 Å². The smallest absolute Gasteiger partial charge is 0.242 e. The number of hydrogen-bond acceptors (Lipinski definition) is 3. The van der Waals surface area contributed by atoms with E-state index in [2.05, 4.69) is 10.3 Å². The summed E-state index contributed by atoms with van der Waals surface area (Å²) in [6, 6.07) is 19.9. The van der Waals surface area contributed by atoms with Crippen molar-refractivity contribution in [3.05, 3.63) is 101 Å². The molecule has 1 N–H and O–H groups in total. The minimum absolute atomic E-state index is 0.120. The molecule has 0 radical (unpaired) electrons. The number of nitrogens with one attached hydrogen (secondary N) is 1. The molecule has 1 unspecified atom stereocenters. The van der Waals surface area contributed by atoms with E-state index in [1.807, 2.05) is 54.6 Å². The summed E-state index contributed by atoms with van der Waals surface area (Å²) in [5, 5.41) is 3.52. The van der Waals surface area contributed by atoms with Crippen LogP contribution >= 0.6 is 11.6 Å². The average molecular weight is 422 g/mol. The second kappa shape index (κ2) is 10.6. The second-order valence-corrected chi connectivity index (χ2v) is 7.50. The van der Waals surface area contributed by atoms with E-state index in [0.717, 1.165) is 16.7 Å². The van der Waals surface area contributed by atoms with E-state index in [1.165, 1.54) is 0 Å². The number of amides is 2. The second-order valence-electron chi connectivity index (χ2n) is 7.07. The van der Waals surface area contributed by atoms with Crippen LogP contribution in [0.2, 0.25) is 5.02 Å². The van der Waals surface area contributed by atoms with E-state index < -0.39 is 6.04 Å². The lowest BCUT2D eigenvalue weighted by atomic mass is 10.1. The Kier molecular flexibility index (Phi) is 7.57. The zero-order chi connectivity index (χ0) is 21.3. The molecule has 0 bridgehead atoms. The van der Waals surface area contributed by atoms with Gasteiger partial charge in [-0.2, -0.15) is 0 Å². The van der Waals surface area contributed by atoms with Gasteiger partial charge in [-0.25, -0.2) is 0 Å². The number of aromatic nitrogens is 1. The Bertz CT molecular complexity index is 963. The predicted octanol–water partition coefficient (Wildman–Crippen LogP) is 4.01. The van der Waals surface area contributed by atoms with Crippen LogP contribution in [-0.2, 0) is 29.1 Å². The van der Waals surface area contributed by atoms with Crippen LogP contribution in [0, 0.1) is 0 Å². The van der Waals surface area contributed by atoms with Crippen LogP contribution in [0.5, 0.6) is 0 Å². The van der Waals surface area contributed by atoms with Crippen LogP contribution in [0.3, 0.4) is 0 Å². The largest absolute Gasteiger partial charge is 0.350 e.